The number of aryl methyl sites for hydroxylation is 1. The van der Waals surface area contributed by atoms with Crippen LogP contribution < -0.4 is 0 Å². The van der Waals surface area contributed by atoms with Crippen molar-refractivity contribution in [2.75, 3.05) is 0 Å². The zero-order chi connectivity index (χ0) is 13.9. The second kappa shape index (κ2) is 4.94. The number of nitrogens with zero attached hydrogens (tertiary/aromatic N) is 4. The summed E-state index contributed by atoms with van der Waals surface area (Å²) in [6.07, 6.45) is 3.42. The minimum atomic E-state index is 0.389. The lowest BCUT2D eigenvalue weighted by Crippen LogP contribution is -1.87. The van der Waals surface area contributed by atoms with Crippen molar-refractivity contribution < 1.29 is 4.52 Å². The van der Waals surface area contributed by atoms with Crippen LogP contribution in [0.4, 0.5) is 0 Å². The van der Waals surface area contributed by atoms with E-state index in [0.717, 1.165) is 16.7 Å². The molecule has 0 radical (unpaired) electrons. The molecule has 0 unspecified atom stereocenters. The Bertz CT molecular complexity index is 801. The fourth-order valence-corrected chi connectivity index (χ4v) is 1.87. The van der Waals surface area contributed by atoms with E-state index in [1.165, 1.54) is 0 Å². The molecule has 20 heavy (non-hydrogen) atoms. The second-order valence-corrected chi connectivity index (χ2v) is 4.31. The standard InChI is InChI=1S/C15H10N4O/c1-10-5-6-17-9-13(10)14-18-15(20-19-14)12-4-2-3-11(7-12)8-16/h2-7,9H,1H3. The van der Waals surface area contributed by atoms with Gasteiger partial charge in [-0.1, -0.05) is 11.2 Å². The van der Waals surface area contributed by atoms with Crippen molar-refractivity contribution in [3.8, 4) is 28.9 Å². The van der Waals surface area contributed by atoms with Crippen molar-refractivity contribution in [1.82, 2.24) is 15.1 Å². The Hall–Kier alpha value is -3.00. The highest BCUT2D eigenvalue weighted by atomic mass is 16.5. The molecule has 5 heteroatoms. The molecule has 0 atom stereocenters. The fraction of sp³-hybridized carbons (Fsp3) is 0.0667. The summed E-state index contributed by atoms with van der Waals surface area (Å²) in [5, 5.41) is 12.9. The first-order valence-corrected chi connectivity index (χ1v) is 6.03. The molecule has 2 aromatic heterocycles. The fourth-order valence-electron chi connectivity index (χ4n) is 1.87. The molecule has 0 saturated carbocycles. The van der Waals surface area contributed by atoms with Gasteiger partial charge in [-0.3, -0.25) is 4.98 Å². The van der Waals surface area contributed by atoms with Gasteiger partial charge in [0.1, 0.15) is 0 Å². The molecule has 0 N–H and O–H groups in total. The van der Waals surface area contributed by atoms with E-state index < -0.39 is 0 Å². The lowest BCUT2D eigenvalue weighted by Gasteiger charge is -1.97. The predicted octanol–water partition coefficient (Wildman–Crippen LogP) is 2.98. The average molecular weight is 262 g/mol. The molecule has 3 rings (SSSR count). The summed E-state index contributed by atoms with van der Waals surface area (Å²) in [5.74, 6) is 0.883. The van der Waals surface area contributed by atoms with Crippen LogP contribution in [0.2, 0.25) is 0 Å². The number of pyridine rings is 1. The Labute approximate surface area is 115 Å². The molecular formula is C15H10N4O. The first kappa shape index (κ1) is 12.1. The lowest BCUT2D eigenvalue weighted by molar-refractivity contribution is 0.432. The summed E-state index contributed by atoms with van der Waals surface area (Å²) < 4.78 is 5.26. The monoisotopic (exact) mass is 262 g/mol. The molecule has 0 aliphatic carbocycles. The van der Waals surface area contributed by atoms with E-state index in [-0.39, 0.29) is 0 Å². The van der Waals surface area contributed by atoms with Crippen molar-refractivity contribution >= 4 is 0 Å². The van der Waals surface area contributed by atoms with Crippen molar-refractivity contribution in [1.29, 1.82) is 5.26 Å². The van der Waals surface area contributed by atoms with Crippen molar-refractivity contribution in [3.05, 3.63) is 53.9 Å². The normalized spacial score (nSPS) is 10.2. The molecular weight excluding hydrogens is 252 g/mol. The van der Waals surface area contributed by atoms with Crippen LogP contribution in [0.5, 0.6) is 0 Å². The molecule has 0 spiro atoms. The highest BCUT2D eigenvalue weighted by Crippen LogP contribution is 2.24. The maximum Gasteiger partial charge on any atom is 0.258 e. The van der Waals surface area contributed by atoms with Gasteiger partial charge >= 0.3 is 0 Å². The summed E-state index contributed by atoms with van der Waals surface area (Å²) in [7, 11) is 0. The molecule has 3 aromatic rings. The zero-order valence-corrected chi connectivity index (χ0v) is 10.7. The van der Waals surface area contributed by atoms with Gasteiger partial charge < -0.3 is 4.52 Å². The largest absolute Gasteiger partial charge is 0.334 e. The number of nitriles is 1. The van der Waals surface area contributed by atoms with E-state index in [0.29, 0.717) is 17.3 Å². The second-order valence-electron chi connectivity index (χ2n) is 4.31. The highest BCUT2D eigenvalue weighted by molar-refractivity contribution is 5.62. The van der Waals surface area contributed by atoms with Gasteiger partial charge in [0, 0.05) is 23.5 Å². The lowest BCUT2D eigenvalue weighted by atomic mass is 10.1. The Kier molecular flexibility index (Phi) is 2.98. The van der Waals surface area contributed by atoms with Gasteiger partial charge in [-0.05, 0) is 36.8 Å². The Morgan fingerprint density at radius 1 is 1.25 bits per heavy atom. The van der Waals surface area contributed by atoms with E-state index in [4.69, 9.17) is 9.78 Å². The van der Waals surface area contributed by atoms with E-state index in [2.05, 4.69) is 21.2 Å². The number of benzene rings is 1. The van der Waals surface area contributed by atoms with Crippen molar-refractivity contribution in [3.63, 3.8) is 0 Å². The molecule has 0 saturated heterocycles. The minimum absolute atomic E-state index is 0.389. The molecule has 5 nitrogen and oxygen atoms in total. The number of hydrogen-bond acceptors (Lipinski definition) is 5. The van der Waals surface area contributed by atoms with E-state index in [1.807, 2.05) is 19.1 Å². The molecule has 0 bridgehead atoms. The summed E-state index contributed by atoms with van der Waals surface area (Å²) >= 11 is 0. The quantitative estimate of drug-likeness (QED) is 0.709. The molecule has 0 aliphatic heterocycles. The SMILES string of the molecule is Cc1ccncc1-c1noc(-c2cccc(C#N)c2)n1. The minimum Gasteiger partial charge on any atom is -0.334 e. The number of rotatable bonds is 2. The maximum absolute atomic E-state index is 8.90. The predicted molar refractivity (Wildman–Crippen MR) is 72.4 cm³/mol. The van der Waals surface area contributed by atoms with Crippen molar-refractivity contribution in [2.24, 2.45) is 0 Å². The first-order valence-electron chi connectivity index (χ1n) is 6.03. The third-order valence-electron chi connectivity index (χ3n) is 2.94. The third-order valence-corrected chi connectivity index (χ3v) is 2.94. The highest BCUT2D eigenvalue weighted by Gasteiger charge is 2.12. The molecule has 0 aliphatic rings. The van der Waals surface area contributed by atoms with E-state index in [1.54, 1.807) is 30.6 Å². The molecule has 0 fully saturated rings. The zero-order valence-electron chi connectivity index (χ0n) is 10.7. The van der Waals surface area contributed by atoms with Crippen molar-refractivity contribution in [2.45, 2.75) is 6.92 Å². The summed E-state index contributed by atoms with van der Waals surface area (Å²) in [6, 6.07) is 11.0. The van der Waals surface area contributed by atoms with Gasteiger partial charge in [0.25, 0.3) is 5.89 Å². The Morgan fingerprint density at radius 2 is 2.15 bits per heavy atom. The Morgan fingerprint density at radius 3 is 2.95 bits per heavy atom. The number of aromatic nitrogens is 3. The smallest absolute Gasteiger partial charge is 0.258 e. The Balaban J connectivity index is 2.02. The molecule has 1 aromatic carbocycles. The molecule has 0 amide bonds. The number of hydrogen-bond donors (Lipinski definition) is 0. The molecule has 96 valence electrons. The van der Waals surface area contributed by atoms with E-state index in [9.17, 15) is 0 Å². The van der Waals surface area contributed by atoms with Crippen LogP contribution in [0.15, 0.2) is 47.2 Å². The average Bonchev–Trinajstić information content (AvgIpc) is 2.97. The van der Waals surface area contributed by atoms with Crippen LogP contribution in [0.3, 0.4) is 0 Å². The summed E-state index contributed by atoms with van der Waals surface area (Å²) in [6.45, 7) is 1.96. The van der Waals surface area contributed by atoms with Crippen LogP contribution in [0, 0.1) is 18.3 Å². The van der Waals surface area contributed by atoms with Crippen LogP contribution >= 0.6 is 0 Å². The van der Waals surface area contributed by atoms with Crippen LogP contribution in [-0.4, -0.2) is 15.1 Å². The van der Waals surface area contributed by atoms with Crippen LogP contribution in [-0.2, 0) is 0 Å². The van der Waals surface area contributed by atoms with Gasteiger partial charge in [-0.15, -0.1) is 0 Å². The van der Waals surface area contributed by atoms with Crippen LogP contribution in [0.25, 0.3) is 22.8 Å². The van der Waals surface area contributed by atoms with Gasteiger partial charge in [0.2, 0.25) is 5.82 Å². The summed E-state index contributed by atoms with van der Waals surface area (Å²) in [5.41, 5.74) is 3.14. The topological polar surface area (TPSA) is 75.6 Å². The first-order chi connectivity index (χ1) is 9.78. The van der Waals surface area contributed by atoms with Gasteiger partial charge in [0.15, 0.2) is 0 Å². The molecule has 2 heterocycles. The third kappa shape index (κ3) is 2.15. The van der Waals surface area contributed by atoms with E-state index >= 15 is 0 Å². The van der Waals surface area contributed by atoms with Crippen LogP contribution in [0.1, 0.15) is 11.1 Å². The van der Waals surface area contributed by atoms with Gasteiger partial charge in [-0.25, -0.2) is 0 Å². The van der Waals surface area contributed by atoms with Gasteiger partial charge in [-0.2, -0.15) is 10.2 Å². The van der Waals surface area contributed by atoms with Gasteiger partial charge in [0.05, 0.1) is 11.6 Å². The maximum atomic E-state index is 8.90. The summed E-state index contributed by atoms with van der Waals surface area (Å²) in [4.78, 5) is 8.43.